The number of rotatable bonds is 4. The number of hydrogen-bond donors (Lipinski definition) is 2. The van der Waals surface area contributed by atoms with E-state index < -0.39 is 23.0 Å². The molecule has 0 radical (unpaired) electrons. The number of ketones is 1. The van der Waals surface area contributed by atoms with Crippen molar-refractivity contribution in [3.8, 4) is 0 Å². The van der Waals surface area contributed by atoms with Crippen LogP contribution in [-0.4, -0.2) is 35.9 Å². The Kier molecular flexibility index (Phi) is 4.71. The van der Waals surface area contributed by atoms with Gasteiger partial charge in [0.25, 0.3) is 5.91 Å². The zero-order valence-corrected chi connectivity index (χ0v) is 12.8. The molecule has 0 spiro atoms. The van der Waals surface area contributed by atoms with Crippen molar-refractivity contribution in [3.63, 3.8) is 0 Å². The van der Waals surface area contributed by atoms with Gasteiger partial charge in [-0.3, -0.25) is 9.59 Å². The van der Waals surface area contributed by atoms with Gasteiger partial charge in [-0.25, -0.2) is 8.78 Å². The minimum Gasteiger partial charge on any atom is -0.381 e. The third-order valence-electron chi connectivity index (χ3n) is 3.94. The van der Waals surface area contributed by atoms with Crippen LogP contribution in [0, 0.1) is 11.6 Å². The van der Waals surface area contributed by atoms with E-state index in [9.17, 15) is 18.4 Å². The van der Waals surface area contributed by atoms with Crippen molar-refractivity contribution >= 4 is 11.7 Å². The first-order chi connectivity index (χ1) is 11.6. The zero-order valence-electron chi connectivity index (χ0n) is 12.8. The molecule has 0 saturated carbocycles. The molecule has 2 heterocycles. The largest absolute Gasteiger partial charge is 0.381 e. The second kappa shape index (κ2) is 6.92. The molecule has 126 valence electrons. The Morgan fingerprint density at radius 3 is 2.50 bits per heavy atom. The van der Waals surface area contributed by atoms with Crippen LogP contribution in [0.5, 0.6) is 0 Å². The molecule has 1 aromatic carbocycles. The number of H-pyrrole nitrogens is 1. The van der Waals surface area contributed by atoms with Gasteiger partial charge in [-0.15, -0.1) is 0 Å². The number of nitrogens with one attached hydrogen (secondary N) is 2. The maximum absolute atomic E-state index is 13.7. The summed E-state index contributed by atoms with van der Waals surface area (Å²) in [6.45, 7) is 1.18. The predicted octanol–water partition coefficient (Wildman–Crippen LogP) is 2.43. The van der Waals surface area contributed by atoms with Crippen molar-refractivity contribution < 1.29 is 23.1 Å². The molecule has 2 aromatic rings. The smallest absolute Gasteiger partial charge is 0.267 e. The molecule has 0 atom stereocenters. The minimum absolute atomic E-state index is 0.0118. The molecule has 3 rings (SSSR count). The van der Waals surface area contributed by atoms with Crippen LogP contribution < -0.4 is 5.32 Å². The van der Waals surface area contributed by atoms with Gasteiger partial charge in [0.2, 0.25) is 0 Å². The van der Waals surface area contributed by atoms with E-state index in [0.717, 1.165) is 25.0 Å². The van der Waals surface area contributed by atoms with E-state index in [1.807, 2.05) is 0 Å². The fraction of sp³-hybridized carbons (Fsp3) is 0.294. The Morgan fingerprint density at radius 2 is 1.83 bits per heavy atom. The molecular formula is C17H16F2N2O3. The fourth-order valence-corrected chi connectivity index (χ4v) is 2.62. The number of hydrogen-bond acceptors (Lipinski definition) is 3. The van der Waals surface area contributed by atoms with Crippen LogP contribution in [0.15, 0.2) is 30.5 Å². The SMILES string of the molecule is O=C(NC1CCOCC1)c1cc(C(=O)c2c(F)cccc2F)c[nH]1. The van der Waals surface area contributed by atoms with Gasteiger partial charge in [0.15, 0.2) is 5.78 Å². The van der Waals surface area contributed by atoms with Crippen molar-refractivity contribution in [2.75, 3.05) is 13.2 Å². The number of benzene rings is 1. The molecule has 24 heavy (non-hydrogen) atoms. The van der Waals surface area contributed by atoms with E-state index >= 15 is 0 Å². The van der Waals surface area contributed by atoms with Gasteiger partial charge in [-0.2, -0.15) is 0 Å². The van der Waals surface area contributed by atoms with Crippen molar-refractivity contribution in [2.45, 2.75) is 18.9 Å². The Balaban J connectivity index is 1.75. The van der Waals surface area contributed by atoms with E-state index in [1.54, 1.807) is 0 Å². The highest BCUT2D eigenvalue weighted by molar-refractivity contribution is 6.10. The normalized spacial score (nSPS) is 15.2. The van der Waals surface area contributed by atoms with E-state index in [4.69, 9.17) is 4.74 Å². The Hall–Kier alpha value is -2.54. The lowest BCUT2D eigenvalue weighted by atomic mass is 10.0. The maximum Gasteiger partial charge on any atom is 0.267 e. The highest BCUT2D eigenvalue weighted by atomic mass is 19.1. The Bertz CT molecular complexity index is 747. The number of aromatic nitrogens is 1. The van der Waals surface area contributed by atoms with Gasteiger partial charge in [0.1, 0.15) is 17.3 Å². The maximum atomic E-state index is 13.7. The lowest BCUT2D eigenvalue weighted by molar-refractivity contribution is 0.0694. The van der Waals surface area contributed by atoms with Gasteiger partial charge >= 0.3 is 0 Å². The van der Waals surface area contributed by atoms with Crippen molar-refractivity contribution in [3.05, 3.63) is 58.9 Å². The third-order valence-corrected chi connectivity index (χ3v) is 3.94. The van der Waals surface area contributed by atoms with Gasteiger partial charge in [0, 0.05) is 31.0 Å². The molecule has 1 amide bonds. The summed E-state index contributed by atoms with van der Waals surface area (Å²) < 4.78 is 32.6. The molecule has 1 aliphatic heterocycles. The Labute approximate surface area is 137 Å². The highest BCUT2D eigenvalue weighted by Crippen LogP contribution is 2.18. The monoisotopic (exact) mass is 334 g/mol. The van der Waals surface area contributed by atoms with Gasteiger partial charge in [-0.05, 0) is 31.0 Å². The van der Waals surface area contributed by atoms with Crippen LogP contribution in [0.4, 0.5) is 8.78 Å². The summed E-state index contributed by atoms with van der Waals surface area (Å²) in [5.41, 5.74) is -0.439. The fourth-order valence-electron chi connectivity index (χ4n) is 2.62. The number of carbonyl (C=O) groups excluding carboxylic acids is 2. The number of ether oxygens (including phenoxy) is 1. The summed E-state index contributed by atoms with van der Waals surface area (Å²) in [5, 5.41) is 2.84. The van der Waals surface area contributed by atoms with Gasteiger partial charge in [-0.1, -0.05) is 6.07 Å². The summed E-state index contributed by atoms with van der Waals surface area (Å²) in [5.74, 6) is -3.05. The first-order valence-electron chi connectivity index (χ1n) is 7.62. The van der Waals surface area contributed by atoms with Crippen molar-refractivity contribution in [1.29, 1.82) is 0 Å². The van der Waals surface area contributed by atoms with Crippen LogP contribution in [0.2, 0.25) is 0 Å². The molecule has 7 heteroatoms. The zero-order chi connectivity index (χ0) is 17.1. The van der Waals surface area contributed by atoms with Gasteiger partial charge in [0.05, 0.1) is 5.56 Å². The summed E-state index contributed by atoms with van der Waals surface area (Å²) in [6, 6.07) is 4.52. The van der Waals surface area contributed by atoms with Crippen LogP contribution in [0.3, 0.4) is 0 Å². The molecule has 1 saturated heterocycles. The van der Waals surface area contributed by atoms with Crippen LogP contribution in [0.1, 0.15) is 39.3 Å². The van der Waals surface area contributed by atoms with E-state index in [1.165, 1.54) is 18.3 Å². The van der Waals surface area contributed by atoms with Gasteiger partial charge < -0.3 is 15.0 Å². The van der Waals surface area contributed by atoms with Crippen LogP contribution in [0.25, 0.3) is 0 Å². The highest BCUT2D eigenvalue weighted by Gasteiger charge is 2.22. The minimum atomic E-state index is -0.936. The molecule has 2 N–H and O–H groups in total. The van der Waals surface area contributed by atoms with E-state index in [2.05, 4.69) is 10.3 Å². The third kappa shape index (κ3) is 3.35. The van der Waals surface area contributed by atoms with Crippen molar-refractivity contribution in [1.82, 2.24) is 10.3 Å². The molecule has 1 aromatic heterocycles. The average molecular weight is 334 g/mol. The molecule has 1 fully saturated rings. The molecule has 1 aliphatic rings. The molecule has 0 aliphatic carbocycles. The quantitative estimate of drug-likeness (QED) is 0.844. The number of aromatic amines is 1. The van der Waals surface area contributed by atoms with Crippen LogP contribution in [-0.2, 0) is 4.74 Å². The lowest BCUT2D eigenvalue weighted by Gasteiger charge is -2.22. The lowest BCUT2D eigenvalue weighted by Crippen LogP contribution is -2.39. The van der Waals surface area contributed by atoms with Crippen molar-refractivity contribution in [2.24, 2.45) is 0 Å². The second-order valence-electron chi connectivity index (χ2n) is 5.59. The second-order valence-corrected chi connectivity index (χ2v) is 5.59. The van der Waals surface area contributed by atoms with Crippen LogP contribution >= 0.6 is 0 Å². The number of amides is 1. The molecule has 5 nitrogen and oxygen atoms in total. The first kappa shape index (κ1) is 16.3. The standard InChI is InChI=1S/C17H16F2N2O3/c18-12-2-1-3-13(19)15(12)16(22)10-8-14(20-9-10)17(23)21-11-4-6-24-7-5-11/h1-3,8-9,11,20H,4-7H2,(H,21,23). The van der Waals surface area contributed by atoms with E-state index in [0.29, 0.717) is 13.2 Å². The average Bonchev–Trinajstić information content (AvgIpc) is 3.05. The Morgan fingerprint density at radius 1 is 1.17 bits per heavy atom. The predicted molar refractivity (Wildman–Crippen MR) is 81.9 cm³/mol. The molecule has 0 unspecified atom stereocenters. The molecule has 0 bridgehead atoms. The summed E-state index contributed by atoms with van der Waals surface area (Å²) in [4.78, 5) is 27.1. The van der Waals surface area contributed by atoms with E-state index in [-0.39, 0.29) is 23.2 Å². The number of carbonyl (C=O) groups is 2. The number of halogens is 2. The summed E-state index contributed by atoms with van der Waals surface area (Å²) in [7, 11) is 0. The first-order valence-corrected chi connectivity index (χ1v) is 7.62. The molecular weight excluding hydrogens is 318 g/mol. The summed E-state index contributed by atoms with van der Waals surface area (Å²) >= 11 is 0. The summed E-state index contributed by atoms with van der Waals surface area (Å²) in [6.07, 6.45) is 2.71. The topological polar surface area (TPSA) is 71.2 Å².